The first-order valence-electron chi connectivity index (χ1n) is 11.7. The second kappa shape index (κ2) is 13.2. The first-order chi connectivity index (χ1) is 16.9. The van der Waals surface area contributed by atoms with Crippen LogP contribution in [0.4, 0.5) is 0 Å². The molecule has 2 atom stereocenters. The normalized spacial score (nSPS) is 13.0. The molecule has 0 aliphatic carbocycles. The van der Waals surface area contributed by atoms with E-state index in [0.717, 1.165) is 16.5 Å². The van der Waals surface area contributed by atoms with Gasteiger partial charge in [0.25, 0.3) is 10.1 Å². The number of nitrogens with two attached hydrogens (primary N) is 1. The number of nitrogens with zero attached hydrogens (tertiary/aromatic N) is 1. The lowest BCUT2D eigenvalue weighted by Crippen LogP contribution is -2.50. The number of esters is 1. The zero-order chi connectivity index (χ0) is 26.9. The topological polar surface area (TPSA) is 141 Å². The van der Waals surface area contributed by atoms with E-state index in [1.165, 1.54) is 12.1 Å². The molecule has 0 bridgehead atoms. The molecule has 0 saturated carbocycles. The molecule has 0 unspecified atom stereocenters. The summed E-state index contributed by atoms with van der Waals surface area (Å²) in [5.41, 5.74) is 8.02. The van der Waals surface area contributed by atoms with E-state index in [0.29, 0.717) is 18.8 Å². The van der Waals surface area contributed by atoms with E-state index >= 15 is 0 Å². The number of para-hydroxylation sites is 1. The van der Waals surface area contributed by atoms with E-state index < -0.39 is 28.2 Å². The Morgan fingerprint density at radius 3 is 2.25 bits per heavy atom. The average molecular weight is 518 g/mol. The van der Waals surface area contributed by atoms with Gasteiger partial charge in [0.2, 0.25) is 5.91 Å². The number of rotatable bonds is 9. The van der Waals surface area contributed by atoms with Crippen LogP contribution in [0.3, 0.4) is 0 Å². The number of nitrogens with one attached hydrogen (secondary N) is 1. The largest absolute Gasteiger partial charge is 0.464 e. The number of carbonyl (C=O) groups excluding carboxylic acids is 2. The lowest BCUT2D eigenvalue weighted by molar-refractivity contribution is -0.147. The second-order valence-electron chi connectivity index (χ2n) is 8.82. The molecule has 2 aromatic carbocycles. The average Bonchev–Trinajstić information content (AvgIpc) is 3.14. The molecule has 4 N–H and O–H groups in total. The minimum Gasteiger partial charge on any atom is -0.464 e. The summed E-state index contributed by atoms with van der Waals surface area (Å²) in [6.07, 6.45) is 2.91. The first kappa shape index (κ1) is 29.0. The van der Waals surface area contributed by atoms with Crippen LogP contribution in [-0.4, -0.2) is 48.1 Å². The number of aryl methyl sites for hydroxylation is 1. The van der Waals surface area contributed by atoms with Crippen molar-refractivity contribution >= 4 is 32.9 Å². The van der Waals surface area contributed by atoms with Crippen molar-refractivity contribution in [2.45, 2.75) is 50.6 Å². The van der Waals surface area contributed by atoms with Gasteiger partial charge in [-0.15, -0.1) is 0 Å². The third-order valence-corrected chi connectivity index (χ3v) is 6.26. The van der Waals surface area contributed by atoms with Crippen molar-refractivity contribution < 1.29 is 27.3 Å². The highest BCUT2D eigenvalue weighted by atomic mass is 32.2. The predicted octanol–water partition coefficient (Wildman–Crippen LogP) is 3.08. The van der Waals surface area contributed by atoms with E-state index in [9.17, 15) is 18.0 Å². The van der Waals surface area contributed by atoms with Gasteiger partial charge in [-0.2, -0.15) is 8.42 Å². The Morgan fingerprint density at radius 2 is 1.69 bits per heavy atom. The number of benzene rings is 2. The molecule has 1 heterocycles. The Labute approximate surface area is 212 Å². The van der Waals surface area contributed by atoms with Crippen molar-refractivity contribution in [1.29, 1.82) is 0 Å². The van der Waals surface area contributed by atoms with E-state index in [2.05, 4.69) is 5.32 Å². The third kappa shape index (κ3) is 8.47. The van der Waals surface area contributed by atoms with Crippen molar-refractivity contribution in [1.82, 2.24) is 9.88 Å². The molecule has 0 aliphatic heterocycles. The molecule has 0 aliphatic rings. The summed E-state index contributed by atoms with van der Waals surface area (Å²) >= 11 is 0. The van der Waals surface area contributed by atoms with Crippen molar-refractivity contribution in [3.63, 3.8) is 0 Å². The minimum absolute atomic E-state index is 0.0741. The molecule has 1 aromatic heterocycles. The van der Waals surface area contributed by atoms with Gasteiger partial charge in [-0.1, -0.05) is 50.2 Å². The highest BCUT2D eigenvalue weighted by molar-refractivity contribution is 7.85. The molecule has 1 amide bonds. The molecule has 196 valence electrons. The minimum atomic E-state index is -4.00. The number of aromatic nitrogens is 1. The smallest absolute Gasteiger partial charge is 0.328 e. The first-order valence-corrected chi connectivity index (χ1v) is 13.2. The van der Waals surface area contributed by atoms with E-state index in [4.69, 9.17) is 15.0 Å². The van der Waals surface area contributed by atoms with Gasteiger partial charge in [0.05, 0.1) is 17.5 Å². The summed E-state index contributed by atoms with van der Waals surface area (Å²) in [6, 6.07) is 14.0. The van der Waals surface area contributed by atoms with Crippen LogP contribution < -0.4 is 11.1 Å². The molecule has 0 radical (unpaired) electrons. The summed E-state index contributed by atoms with van der Waals surface area (Å²) < 4.78 is 36.4. The van der Waals surface area contributed by atoms with Crippen LogP contribution in [-0.2, 0) is 37.9 Å². The lowest BCUT2D eigenvalue weighted by atomic mass is 10.0. The van der Waals surface area contributed by atoms with Crippen molar-refractivity contribution in [2.75, 3.05) is 6.61 Å². The Bertz CT molecular complexity index is 1260. The van der Waals surface area contributed by atoms with Gasteiger partial charge >= 0.3 is 5.97 Å². The highest BCUT2D eigenvalue weighted by Crippen LogP contribution is 2.22. The van der Waals surface area contributed by atoms with Crippen LogP contribution in [0.1, 0.15) is 32.8 Å². The summed E-state index contributed by atoms with van der Waals surface area (Å²) in [4.78, 5) is 24.7. The molecule has 3 aromatic rings. The van der Waals surface area contributed by atoms with Crippen LogP contribution in [0.2, 0.25) is 0 Å². The summed E-state index contributed by atoms with van der Waals surface area (Å²) in [7, 11) is -2.04. The molecule has 0 saturated heterocycles. The molecule has 10 heteroatoms. The summed E-state index contributed by atoms with van der Waals surface area (Å²) in [5, 5.41) is 3.84. The molecule has 0 spiro atoms. The Balaban J connectivity index is 0.000000380. The van der Waals surface area contributed by atoms with Gasteiger partial charge in [-0.05, 0) is 43.0 Å². The summed E-state index contributed by atoms with van der Waals surface area (Å²) in [5.74, 6) is -0.461. The van der Waals surface area contributed by atoms with Crippen molar-refractivity contribution in [3.8, 4) is 0 Å². The molecular formula is C26H35N3O6S. The SMILES string of the molecule is CCOC(=O)[C@@H](Cc1cn(C)c2ccccc12)NC(=O)[C@@H](N)CC(C)C.O=S(=O)(O)c1ccccc1. The number of hydrogen-bond acceptors (Lipinski definition) is 6. The molecule has 0 fully saturated rings. The summed E-state index contributed by atoms with van der Waals surface area (Å²) in [6.45, 7) is 6.02. The van der Waals surface area contributed by atoms with Gasteiger partial charge in [-0.3, -0.25) is 9.35 Å². The van der Waals surface area contributed by atoms with Gasteiger partial charge in [0.15, 0.2) is 0 Å². The van der Waals surface area contributed by atoms with Gasteiger partial charge < -0.3 is 20.4 Å². The fraction of sp³-hybridized carbons (Fsp3) is 0.385. The zero-order valence-corrected chi connectivity index (χ0v) is 21.9. The number of amides is 1. The number of ether oxygens (including phenoxy) is 1. The van der Waals surface area contributed by atoms with Crippen LogP contribution in [0.15, 0.2) is 65.7 Å². The fourth-order valence-electron chi connectivity index (χ4n) is 3.73. The maximum absolute atomic E-state index is 12.4. The number of carbonyl (C=O) groups is 2. The molecule has 36 heavy (non-hydrogen) atoms. The molecule has 3 rings (SSSR count). The molecular weight excluding hydrogens is 482 g/mol. The van der Waals surface area contributed by atoms with E-state index in [1.54, 1.807) is 25.1 Å². The van der Waals surface area contributed by atoms with Crippen LogP contribution >= 0.6 is 0 Å². The van der Waals surface area contributed by atoms with E-state index in [-0.39, 0.29) is 17.4 Å². The zero-order valence-electron chi connectivity index (χ0n) is 21.0. The molecule has 9 nitrogen and oxygen atoms in total. The Kier molecular flexibility index (Phi) is 10.6. The highest BCUT2D eigenvalue weighted by Gasteiger charge is 2.26. The predicted molar refractivity (Wildman–Crippen MR) is 139 cm³/mol. The Hall–Kier alpha value is -3.21. The maximum atomic E-state index is 12.4. The van der Waals surface area contributed by atoms with Gasteiger partial charge in [-0.25, -0.2) is 4.79 Å². The monoisotopic (exact) mass is 517 g/mol. The number of fused-ring (bicyclic) bond motifs is 1. The van der Waals surface area contributed by atoms with Crippen molar-refractivity contribution in [2.24, 2.45) is 18.7 Å². The Morgan fingerprint density at radius 1 is 1.08 bits per heavy atom. The third-order valence-electron chi connectivity index (χ3n) is 5.39. The van der Waals surface area contributed by atoms with Crippen LogP contribution in [0.25, 0.3) is 10.9 Å². The van der Waals surface area contributed by atoms with Crippen LogP contribution in [0, 0.1) is 5.92 Å². The lowest BCUT2D eigenvalue weighted by Gasteiger charge is -2.20. The van der Waals surface area contributed by atoms with Crippen LogP contribution in [0.5, 0.6) is 0 Å². The maximum Gasteiger partial charge on any atom is 0.328 e. The standard InChI is InChI=1S/C20H29N3O3.C6H6O3S/c1-5-26-20(25)17(22-19(24)16(21)10-13(2)3)11-14-12-23(4)18-9-7-6-8-15(14)18;7-10(8,9)6-4-2-1-3-5-6/h6-9,12-13,16-17H,5,10-11,21H2,1-4H3,(H,22,24);1-5H,(H,7,8,9)/t16-,17+;/m0./s1. The quantitative estimate of drug-likeness (QED) is 0.293. The second-order valence-corrected chi connectivity index (χ2v) is 10.2. The van der Waals surface area contributed by atoms with Gasteiger partial charge in [0.1, 0.15) is 6.04 Å². The van der Waals surface area contributed by atoms with E-state index in [1.807, 2.05) is 55.9 Å². The van der Waals surface area contributed by atoms with Crippen molar-refractivity contribution in [3.05, 3.63) is 66.4 Å². The fourth-order valence-corrected chi connectivity index (χ4v) is 4.23. The van der Waals surface area contributed by atoms with Gasteiger partial charge in [0, 0.05) is 30.6 Å². The number of hydrogen-bond donors (Lipinski definition) is 3.